The summed E-state index contributed by atoms with van der Waals surface area (Å²) in [4.78, 5) is 18.7. The molecule has 4 rings (SSSR count). The predicted octanol–water partition coefficient (Wildman–Crippen LogP) is 2.32. The van der Waals surface area contributed by atoms with Gasteiger partial charge in [-0.3, -0.25) is 9.78 Å². The van der Waals surface area contributed by atoms with Gasteiger partial charge in [0, 0.05) is 24.6 Å². The van der Waals surface area contributed by atoms with Crippen LogP contribution in [0.3, 0.4) is 0 Å². The normalized spacial score (nSPS) is 30.9. The Morgan fingerprint density at radius 2 is 2.25 bits per heavy atom. The number of hydrogen-bond donors (Lipinski definition) is 0. The summed E-state index contributed by atoms with van der Waals surface area (Å²) in [6.07, 6.45) is 3.04. The fourth-order valence-electron chi connectivity index (χ4n) is 3.93. The summed E-state index contributed by atoms with van der Waals surface area (Å²) in [6, 6.07) is 6.01. The number of carbonyl (C=O) groups is 1. The molecule has 3 atom stereocenters. The smallest absolute Gasteiger partial charge is 0.226 e. The van der Waals surface area contributed by atoms with Crippen LogP contribution >= 0.6 is 0 Å². The highest BCUT2D eigenvalue weighted by Gasteiger charge is 2.53. The van der Waals surface area contributed by atoms with Crippen LogP contribution < -0.4 is 0 Å². The zero-order chi connectivity index (χ0) is 16.7. The average Bonchev–Trinajstić information content (AvgIpc) is 3.27. The molecule has 24 heavy (non-hydrogen) atoms. The van der Waals surface area contributed by atoms with Gasteiger partial charge < -0.3 is 14.4 Å². The Morgan fingerprint density at radius 3 is 2.96 bits per heavy atom. The van der Waals surface area contributed by atoms with Crippen molar-refractivity contribution >= 4 is 5.91 Å². The number of amides is 1. The Kier molecular flexibility index (Phi) is 4.09. The number of ether oxygens (including phenoxy) is 2. The van der Waals surface area contributed by atoms with Gasteiger partial charge >= 0.3 is 0 Å². The second-order valence-corrected chi connectivity index (χ2v) is 7.74. The zero-order valence-corrected chi connectivity index (χ0v) is 14.5. The first-order valence-corrected chi connectivity index (χ1v) is 9.02. The zero-order valence-electron chi connectivity index (χ0n) is 14.5. The molecule has 2 aliphatic heterocycles. The summed E-state index contributed by atoms with van der Waals surface area (Å²) >= 11 is 0. The van der Waals surface area contributed by atoms with Gasteiger partial charge in [-0.25, -0.2) is 0 Å². The minimum Gasteiger partial charge on any atom is -0.372 e. The number of carbonyl (C=O) groups excluding carboxylic acids is 1. The molecule has 5 heteroatoms. The van der Waals surface area contributed by atoms with Gasteiger partial charge in [0.15, 0.2) is 0 Å². The van der Waals surface area contributed by atoms with Crippen LogP contribution in [0.15, 0.2) is 18.2 Å². The minimum atomic E-state index is -0.170. The molecule has 0 radical (unpaired) electrons. The van der Waals surface area contributed by atoms with Crippen LogP contribution in [0.25, 0.3) is 0 Å². The van der Waals surface area contributed by atoms with Crippen molar-refractivity contribution in [2.24, 2.45) is 11.8 Å². The Balaban J connectivity index is 1.28. The molecule has 0 unspecified atom stereocenters. The Hall–Kier alpha value is -1.46. The van der Waals surface area contributed by atoms with E-state index >= 15 is 0 Å². The highest BCUT2D eigenvalue weighted by atomic mass is 16.5. The summed E-state index contributed by atoms with van der Waals surface area (Å²) in [7, 11) is 0. The van der Waals surface area contributed by atoms with E-state index < -0.39 is 0 Å². The van der Waals surface area contributed by atoms with E-state index in [1.807, 2.05) is 30.0 Å². The summed E-state index contributed by atoms with van der Waals surface area (Å²) in [6.45, 7) is 6.87. The molecule has 0 N–H and O–H groups in total. The van der Waals surface area contributed by atoms with Crippen LogP contribution in [0.2, 0.25) is 0 Å². The number of likely N-dealkylation sites (tertiary alicyclic amines) is 1. The summed E-state index contributed by atoms with van der Waals surface area (Å²) in [5.74, 6) is 1.16. The first kappa shape index (κ1) is 16.0. The van der Waals surface area contributed by atoms with E-state index in [-0.39, 0.29) is 17.6 Å². The van der Waals surface area contributed by atoms with Gasteiger partial charge in [-0.05, 0) is 37.8 Å². The minimum absolute atomic E-state index is 0.170. The second-order valence-electron chi connectivity index (χ2n) is 7.74. The quantitative estimate of drug-likeness (QED) is 0.850. The molecule has 3 fully saturated rings. The van der Waals surface area contributed by atoms with Crippen molar-refractivity contribution in [3.05, 3.63) is 29.6 Å². The van der Waals surface area contributed by atoms with Gasteiger partial charge in [0.2, 0.25) is 5.91 Å². The summed E-state index contributed by atoms with van der Waals surface area (Å²) < 4.78 is 12.1. The monoisotopic (exact) mass is 330 g/mol. The van der Waals surface area contributed by atoms with Crippen molar-refractivity contribution in [1.29, 1.82) is 0 Å². The molecule has 1 aliphatic carbocycles. The topological polar surface area (TPSA) is 51.7 Å². The van der Waals surface area contributed by atoms with E-state index in [9.17, 15) is 4.79 Å². The van der Waals surface area contributed by atoms with E-state index in [1.165, 1.54) is 0 Å². The van der Waals surface area contributed by atoms with Crippen LogP contribution in [0.5, 0.6) is 0 Å². The molecule has 5 nitrogen and oxygen atoms in total. The van der Waals surface area contributed by atoms with Crippen molar-refractivity contribution in [3.63, 3.8) is 0 Å². The molecule has 3 aliphatic rings. The maximum Gasteiger partial charge on any atom is 0.226 e. The molecular formula is C19H26N2O3. The fraction of sp³-hybridized carbons (Fsp3) is 0.684. The van der Waals surface area contributed by atoms with Gasteiger partial charge in [0.05, 0.1) is 31.5 Å². The third-order valence-electron chi connectivity index (χ3n) is 5.56. The number of pyridine rings is 1. The molecule has 130 valence electrons. The number of hydrogen-bond acceptors (Lipinski definition) is 4. The molecule has 3 heterocycles. The molecule has 0 bridgehead atoms. The van der Waals surface area contributed by atoms with Crippen LogP contribution in [0, 0.1) is 18.8 Å². The Bertz CT molecular complexity index is 627. The SMILES string of the molecule is Cc1cccc(CO[C@@H]2CCOC3(C2)CN(C(=O)[C@H]2C[C@@H]2C)C3)n1. The number of nitrogens with zero attached hydrogens (tertiary/aromatic N) is 2. The third kappa shape index (κ3) is 3.20. The lowest BCUT2D eigenvalue weighted by atomic mass is 9.84. The van der Waals surface area contributed by atoms with Crippen molar-refractivity contribution in [3.8, 4) is 0 Å². The van der Waals surface area contributed by atoms with Crippen molar-refractivity contribution < 1.29 is 14.3 Å². The summed E-state index contributed by atoms with van der Waals surface area (Å²) in [5.41, 5.74) is 1.82. The van der Waals surface area contributed by atoms with Crippen LogP contribution in [-0.4, -0.2) is 47.2 Å². The highest BCUT2D eigenvalue weighted by Crippen LogP contribution is 2.43. The van der Waals surface area contributed by atoms with E-state index in [0.717, 1.165) is 43.7 Å². The first-order chi connectivity index (χ1) is 11.5. The van der Waals surface area contributed by atoms with Gasteiger partial charge in [-0.15, -0.1) is 0 Å². The third-order valence-corrected chi connectivity index (χ3v) is 5.56. The number of rotatable bonds is 4. The van der Waals surface area contributed by atoms with Crippen LogP contribution in [-0.2, 0) is 20.9 Å². The molecule has 0 aromatic carbocycles. The second kappa shape index (κ2) is 6.12. The maximum atomic E-state index is 12.3. The lowest BCUT2D eigenvalue weighted by Crippen LogP contribution is -2.67. The fourth-order valence-corrected chi connectivity index (χ4v) is 3.93. The number of aryl methyl sites for hydroxylation is 1. The van der Waals surface area contributed by atoms with E-state index in [0.29, 0.717) is 25.0 Å². The van der Waals surface area contributed by atoms with Crippen molar-refractivity contribution in [2.75, 3.05) is 19.7 Å². The molecule has 1 saturated carbocycles. The van der Waals surface area contributed by atoms with Gasteiger partial charge in [0.25, 0.3) is 0 Å². The largest absolute Gasteiger partial charge is 0.372 e. The van der Waals surface area contributed by atoms with Crippen molar-refractivity contribution in [1.82, 2.24) is 9.88 Å². The molecule has 1 aromatic rings. The van der Waals surface area contributed by atoms with E-state index in [1.54, 1.807) is 0 Å². The molecule has 1 amide bonds. The molecule has 1 spiro atoms. The van der Waals surface area contributed by atoms with Gasteiger partial charge in [-0.1, -0.05) is 13.0 Å². The summed E-state index contributed by atoms with van der Waals surface area (Å²) in [5, 5.41) is 0. The average molecular weight is 330 g/mol. The molecule has 2 saturated heterocycles. The maximum absolute atomic E-state index is 12.3. The first-order valence-electron chi connectivity index (χ1n) is 9.02. The number of aromatic nitrogens is 1. The van der Waals surface area contributed by atoms with Crippen LogP contribution in [0.4, 0.5) is 0 Å². The van der Waals surface area contributed by atoms with Crippen molar-refractivity contribution in [2.45, 2.75) is 51.4 Å². The predicted molar refractivity (Wildman–Crippen MR) is 89.3 cm³/mol. The standard InChI is InChI=1S/C19H26N2O3/c1-13-8-17(13)18(22)21-11-19(12-21)9-16(6-7-24-19)23-10-15-5-3-4-14(2)20-15/h3-5,13,16-17H,6-12H2,1-2H3/t13-,16+,17-/m0/s1. The van der Waals surface area contributed by atoms with Crippen LogP contribution in [0.1, 0.15) is 37.6 Å². The highest BCUT2D eigenvalue weighted by molar-refractivity contribution is 5.82. The van der Waals surface area contributed by atoms with E-state index in [2.05, 4.69) is 11.9 Å². The van der Waals surface area contributed by atoms with Gasteiger partial charge in [0.1, 0.15) is 5.60 Å². The lowest BCUT2D eigenvalue weighted by molar-refractivity contribution is -0.203. The molecule has 1 aromatic heterocycles. The van der Waals surface area contributed by atoms with E-state index in [4.69, 9.17) is 9.47 Å². The lowest BCUT2D eigenvalue weighted by Gasteiger charge is -2.53. The van der Waals surface area contributed by atoms with Gasteiger partial charge in [-0.2, -0.15) is 0 Å². The molecular weight excluding hydrogens is 304 g/mol. The Labute approximate surface area is 143 Å². The Morgan fingerprint density at radius 1 is 1.46 bits per heavy atom.